The monoisotopic (exact) mass is 322 g/mol. The molecule has 0 atom stereocenters. The van der Waals surface area contributed by atoms with Crippen molar-refractivity contribution in [1.82, 2.24) is 0 Å². The molecule has 0 aromatic heterocycles. The predicted octanol–water partition coefficient (Wildman–Crippen LogP) is 5.19. The zero-order chi connectivity index (χ0) is 16.9. The number of carbonyl (C=O) groups is 1. The maximum Gasteiger partial charge on any atom is 0.163 e. The molecule has 4 heteroatoms. The van der Waals surface area contributed by atoms with Gasteiger partial charge in [-0.25, -0.2) is 0 Å². The zero-order valence-corrected chi connectivity index (χ0v) is 14.3. The van der Waals surface area contributed by atoms with Crippen molar-refractivity contribution in [3.05, 3.63) is 45.5 Å². The van der Waals surface area contributed by atoms with E-state index >= 15 is 0 Å². The van der Waals surface area contributed by atoms with Crippen molar-refractivity contribution in [3.8, 4) is 11.5 Å². The molecule has 2 N–H and O–H groups in total. The number of hydrogen-bond donors (Lipinski definition) is 2. The van der Waals surface area contributed by atoms with E-state index in [9.17, 15) is 15.0 Å². The van der Waals surface area contributed by atoms with Gasteiger partial charge in [0, 0.05) is 5.56 Å². The molecule has 0 fully saturated rings. The van der Waals surface area contributed by atoms with E-state index in [1.165, 1.54) is 18.6 Å². The Hall–Kier alpha value is -1.74. The minimum Gasteiger partial charge on any atom is -0.507 e. The maximum atomic E-state index is 11.5. The van der Waals surface area contributed by atoms with Crippen LogP contribution in [0.15, 0.2) is 29.4 Å². The van der Waals surface area contributed by atoms with Crippen LogP contribution in [0.1, 0.15) is 56.5 Å². The molecule has 0 aliphatic carbocycles. The molecule has 1 aromatic rings. The first-order valence-electron chi connectivity index (χ1n) is 7.27. The third kappa shape index (κ3) is 4.92. The number of rotatable bonds is 6. The Morgan fingerprint density at radius 1 is 1.14 bits per heavy atom. The highest BCUT2D eigenvalue weighted by molar-refractivity contribution is 6.32. The van der Waals surface area contributed by atoms with Crippen LogP contribution in [0, 0.1) is 0 Å². The van der Waals surface area contributed by atoms with Gasteiger partial charge in [0.25, 0.3) is 0 Å². The van der Waals surface area contributed by atoms with Crippen LogP contribution in [0.2, 0.25) is 5.02 Å². The second-order valence-corrected chi connectivity index (χ2v) is 6.12. The number of carbonyl (C=O) groups excluding carboxylic acids is 1. The van der Waals surface area contributed by atoms with Gasteiger partial charge in [-0.1, -0.05) is 34.9 Å². The summed E-state index contributed by atoms with van der Waals surface area (Å²) in [6, 6.07) is 1.30. The summed E-state index contributed by atoms with van der Waals surface area (Å²) in [5.41, 5.74) is 2.86. The van der Waals surface area contributed by atoms with Gasteiger partial charge in [0.2, 0.25) is 0 Å². The first kappa shape index (κ1) is 18.3. The van der Waals surface area contributed by atoms with Crippen molar-refractivity contribution in [2.45, 2.75) is 47.0 Å². The molecular weight excluding hydrogens is 300 g/mol. The van der Waals surface area contributed by atoms with E-state index in [1.807, 2.05) is 13.0 Å². The Morgan fingerprint density at radius 2 is 1.77 bits per heavy atom. The lowest BCUT2D eigenvalue weighted by molar-refractivity contribution is 0.101. The molecule has 1 aromatic carbocycles. The number of hydrogen-bond acceptors (Lipinski definition) is 3. The van der Waals surface area contributed by atoms with Gasteiger partial charge in [-0.15, -0.1) is 0 Å². The Balaban J connectivity index is 2.98. The molecule has 0 heterocycles. The molecule has 22 heavy (non-hydrogen) atoms. The molecule has 0 aliphatic heterocycles. The van der Waals surface area contributed by atoms with Crippen LogP contribution in [0.3, 0.4) is 0 Å². The molecule has 120 valence electrons. The molecule has 0 aliphatic rings. The van der Waals surface area contributed by atoms with E-state index < -0.39 is 0 Å². The van der Waals surface area contributed by atoms with Crippen molar-refractivity contribution in [2.24, 2.45) is 0 Å². The van der Waals surface area contributed by atoms with Gasteiger partial charge in [0.1, 0.15) is 11.5 Å². The normalized spacial score (nSPS) is 11.4. The standard InChI is InChI=1S/C18H23ClO3/c1-11(2)6-5-7-12(3)8-9-14-17(21)15(13(4)20)10-16(19)18(14)22/h6,8,10,21-22H,5,7,9H2,1-4H3/b12-8+. The largest absolute Gasteiger partial charge is 0.507 e. The van der Waals surface area contributed by atoms with E-state index in [-0.39, 0.29) is 27.9 Å². The van der Waals surface area contributed by atoms with Crippen molar-refractivity contribution < 1.29 is 15.0 Å². The first-order chi connectivity index (χ1) is 10.2. The number of halogens is 1. The Bertz CT molecular complexity index is 624. The number of phenols is 2. The summed E-state index contributed by atoms with van der Waals surface area (Å²) >= 11 is 5.93. The average molecular weight is 323 g/mol. The Kier molecular flexibility index (Phi) is 6.69. The molecule has 1 rings (SSSR count). The second-order valence-electron chi connectivity index (χ2n) is 5.71. The molecule has 0 radical (unpaired) electrons. The summed E-state index contributed by atoms with van der Waals surface area (Å²) in [7, 11) is 0. The van der Waals surface area contributed by atoms with Gasteiger partial charge >= 0.3 is 0 Å². The zero-order valence-electron chi connectivity index (χ0n) is 13.5. The Morgan fingerprint density at radius 3 is 2.32 bits per heavy atom. The fourth-order valence-corrected chi connectivity index (χ4v) is 2.33. The van der Waals surface area contributed by atoms with Gasteiger partial charge in [0.15, 0.2) is 5.78 Å². The smallest absolute Gasteiger partial charge is 0.163 e. The number of phenolic OH excluding ortho intramolecular Hbond substituents is 2. The van der Waals surface area contributed by atoms with Crippen molar-refractivity contribution in [3.63, 3.8) is 0 Å². The first-order valence-corrected chi connectivity index (χ1v) is 7.65. The van der Waals surface area contributed by atoms with Crippen molar-refractivity contribution >= 4 is 17.4 Å². The summed E-state index contributed by atoms with van der Waals surface area (Å²) in [6.07, 6.45) is 6.30. The summed E-state index contributed by atoms with van der Waals surface area (Å²) < 4.78 is 0. The fraction of sp³-hybridized carbons (Fsp3) is 0.389. The second kappa shape index (κ2) is 8.04. The highest BCUT2D eigenvalue weighted by Gasteiger charge is 2.17. The Labute approximate surface area is 136 Å². The highest BCUT2D eigenvalue weighted by Crippen LogP contribution is 2.38. The van der Waals surface area contributed by atoms with Crippen molar-refractivity contribution in [1.29, 1.82) is 0 Å². The van der Waals surface area contributed by atoms with Gasteiger partial charge in [-0.05, 0) is 53.0 Å². The van der Waals surface area contributed by atoms with E-state index in [4.69, 9.17) is 11.6 Å². The van der Waals surface area contributed by atoms with Gasteiger partial charge in [0.05, 0.1) is 10.6 Å². The summed E-state index contributed by atoms with van der Waals surface area (Å²) in [4.78, 5) is 11.5. The maximum absolute atomic E-state index is 11.5. The SMILES string of the molecule is CC(=O)c1cc(Cl)c(O)c(C/C=C(\C)CCC=C(C)C)c1O. The molecule has 3 nitrogen and oxygen atoms in total. The van der Waals surface area contributed by atoms with Gasteiger partial charge < -0.3 is 10.2 Å². The van der Waals surface area contributed by atoms with Gasteiger partial charge in [-0.2, -0.15) is 0 Å². The van der Waals surface area contributed by atoms with Crippen LogP contribution in [-0.4, -0.2) is 16.0 Å². The van der Waals surface area contributed by atoms with Crippen molar-refractivity contribution in [2.75, 3.05) is 0 Å². The highest BCUT2D eigenvalue weighted by atomic mass is 35.5. The molecule has 0 amide bonds. The van der Waals surface area contributed by atoms with Crippen LogP contribution in [0.4, 0.5) is 0 Å². The molecular formula is C18H23ClO3. The minimum absolute atomic E-state index is 0.0774. The average Bonchev–Trinajstić information content (AvgIpc) is 2.42. The van der Waals surface area contributed by atoms with E-state index in [0.717, 1.165) is 18.4 Å². The summed E-state index contributed by atoms with van der Waals surface area (Å²) in [6.45, 7) is 7.48. The fourth-order valence-electron chi connectivity index (χ4n) is 2.11. The molecule has 0 saturated carbocycles. The van der Waals surface area contributed by atoms with Gasteiger partial charge in [-0.3, -0.25) is 4.79 Å². The molecule has 0 spiro atoms. The van der Waals surface area contributed by atoms with Crippen LogP contribution in [-0.2, 0) is 6.42 Å². The van der Waals surface area contributed by atoms with Crippen LogP contribution < -0.4 is 0 Å². The lowest BCUT2D eigenvalue weighted by atomic mass is 10.0. The quantitative estimate of drug-likeness (QED) is 0.559. The van der Waals surface area contributed by atoms with Crippen LogP contribution in [0.5, 0.6) is 11.5 Å². The lowest BCUT2D eigenvalue weighted by Crippen LogP contribution is -1.97. The van der Waals surface area contributed by atoms with Crippen LogP contribution in [0.25, 0.3) is 0 Å². The number of aromatic hydroxyl groups is 2. The lowest BCUT2D eigenvalue weighted by Gasteiger charge is -2.11. The summed E-state index contributed by atoms with van der Waals surface area (Å²) in [5, 5.41) is 20.2. The summed E-state index contributed by atoms with van der Waals surface area (Å²) in [5.74, 6) is -0.648. The number of ketones is 1. The van der Waals surface area contributed by atoms with Crippen LogP contribution >= 0.6 is 11.6 Å². The minimum atomic E-state index is -0.287. The van der Waals surface area contributed by atoms with E-state index in [2.05, 4.69) is 19.9 Å². The molecule has 0 saturated heterocycles. The third-order valence-electron chi connectivity index (χ3n) is 3.45. The van der Waals surface area contributed by atoms with E-state index in [1.54, 1.807) is 0 Å². The number of allylic oxidation sites excluding steroid dienone is 4. The topological polar surface area (TPSA) is 57.5 Å². The number of benzene rings is 1. The predicted molar refractivity (Wildman–Crippen MR) is 90.9 cm³/mol. The molecule has 0 bridgehead atoms. The number of Topliss-reactive ketones (excluding diaryl/α,β-unsaturated/α-hetero) is 1. The molecule has 0 unspecified atom stereocenters. The third-order valence-corrected chi connectivity index (χ3v) is 3.74. The van der Waals surface area contributed by atoms with E-state index in [0.29, 0.717) is 12.0 Å².